The van der Waals surface area contributed by atoms with Crippen LogP contribution in [0.5, 0.6) is 0 Å². The van der Waals surface area contributed by atoms with Gasteiger partial charge in [0.25, 0.3) is 0 Å². The summed E-state index contributed by atoms with van der Waals surface area (Å²) >= 11 is 0.194. The molecule has 0 saturated carbocycles. The van der Waals surface area contributed by atoms with Crippen molar-refractivity contribution in [2.24, 2.45) is 0 Å². The van der Waals surface area contributed by atoms with Crippen LogP contribution in [0.25, 0.3) is 0 Å². The van der Waals surface area contributed by atoms with Gasteiger partial charge < -0.3 is 0 Å². The molecule has 8 aromatic carbocycles. The second kappa shape index (κ2) is 25.6. The van der Waals surface area contributed by atoms with E-state index in [1.807, 2.05) is 0 Å². The molecule has 59 heavy (non-hydrogen) atoms. The predicted molar refractivity (Wildman–Crippen MR) is 266 cm³/mol. The Morgan fingerprint density at radius 3 is 0.424 bits per heavy atom. The van der Waals surface area contributed by atoms with Crippen LogP contribution in [0.1, 0.15) is 0 Å². The fraction of sp³-hybridized carbons (Fsp3) is 0. The SMILES string of the molecule is C(=C/P(c1ccccc1)c1ccccc1)/P(c1ccccc1)c1ccccc1.C(=C/P(c1ccccc1)c1ccccc1)/P(c1ccccc1)c1ccccc1.[Cl][Fe][Cl]. The van der Waals surface area contributed by atoms with Crippen LogP contribution in [0.2, 0.25) is 0 Å². The van der Waals surface area contributed by atoms with Crippen molar-refractivity contribution in [3.63, 3.8) is 0 Å². The van der Waals surface area contributed by atoms with Gasteiger partial charge >= 0.3 is 33.3 Å². The molecule has 0 radical (unpaired) electrons. The molecule has 0 heterocycles. The average Bonchev–Trinajstić information content (AvgIpc) is 3.32. The van der Waals surface area contributed by atoms with Crippen molar-refractivity contribution in [2.75, 3.05) is 0 Å². The summed E-state index contributed by atoms with van der Waals surface area (Å²) < 4.78 is 0. The van der Waals surface area contributed by atoms with Crippen molar-refractivity contribution in [3.05, 3.63) is 266 Å². The molecule has 0 aliphatic carbocycles. The van der Waals surface area contributed by atoms with E-state index in [9.17, 15) is 0 Å². The van der Waals surface area contributed by atoms with Gasteiger partial charge in [0.2, 0.25) is 0 Å². The molecule has 0 N–H and O–H groups in total. The molecule has 0 atom stereocenters. The van der Waals surface area contributed by atoms with Gasteiger partial charge in [-0.15, -0.1) is 0 Å². The summed E-state index contributed by atoms with van der Waals surface area (Å²) in [5, 5.41) is 11.1. The summed E-state index contributed by atoms with van der Waals surface area (Å²) in [4.78, 5) is 0. The molecule has 0 fully saturated rings. The molecule has 0 aliphatic rings. The molecule has 0 saturated heterocycles. The van der Waals surface area contributed by atoms with Gasteiger partial charge in [0.05, 0.1) is 0 Å². The molecule has 0 bridgehead atoms. The van der Waals surface area contributed by atoms with Gasteiger partial charge in [0.15, 0.2) is 0 Å². The third-order valence-electron chi connectivity index (χ3n) is 9.00. The van der Waals surface area contributed by atoms with E-state index in [2.05, 4.69) is 266 Å². The zero-order valence-electron chi connectivity index (χ0n) is 32.3. The van der Waals surface area contributed by atoms with Crippen LogP contribution >= 0.6 is 51.9 Å². The van der Waals surface area contributed by atoms with Crippen LogP contribution in [0.15, 0.2) is 266 Å². The first-order valence-corrected chi connectivity index (χ1v) is 27.7. The molecule has 7 heteroatoms. The molecular formula is C52H44Cl2FeP4. The van der Waals surface area contributed by atoms with Gasteiger partial charge in [-0.2, -0.15) is 0 Å². The van der Waals surface area contributed by atoms with Gasteiger partial charge in [-0.05, 0) is 74.1 Å². The van der Waals surface area contributed by atoms with Crippen molar-refractivity contribution >= 4 is 94.3 Å². The molecule has 0 unspecified atom stereocenters. The minimum atomic E-state index is -0.528. The van der Waals surface area contributed by atoms with Crippen LogP contribution in [0, 0.1) is 0 Å². The molecule has 0 aromatic heterocycles. The fourth-order valence-electron chi connectivity index (χ4n) is 6.26. The Hall–Kier alpha value is -3.94. The van der Waals surface area contributed by atoms with Gasteiger partial charge in [0, 0.05) is 0 Å². The summed E-state index contributed by atoms with van der Waals surface area (Å²) in [6, 6.07) is 86.9. The predicted octanol–water partition coefficient (Wildman–Crippen LogP) is 12.8. The number of hydrogen-bond acceptors (Lipinski definition) is 0. The van der Waals surface area contributed by atoms with E-state index in [0.717, 1.165) is 0 Å². The van der Waals surface area contributed by atoms with E-state index in [1.165, 1.54) is 42.4 Å². The summed E-state index contributed by atoms with van der Waals surface area (Å²) in [5.41, 5.74) is 0. The Morgan fingerprint density at radius 2 is 0.322 bits per heavy atom. The van der Waals surface area contributed by atoms with E-state index in [1.54, 1.807) is 0 Å². The molecule has 8 rings (SSSR count). The maximum atomic E-state index is 4.76. The van der Waals surface area contributed by atoms with E-state index >= 15 is 0 Å². The van der Waals surface area contributed by atoms with Crippen molar-refractivity contribution in [1.82, 2.24) is 0 Å². The molecule has 0 spiro atoms. The molecule has 0 nitrogen and oxygen atoms in total. The summed E-state index contributed by atoms with van der Waals surface area (Å²) in [6.45, 7) is 0. The van der Waals surface area contributed by atoms with E-state index in [-0.39, 0.29) is 13.1 Å². The van der Waals surface area contributed by atoms with Gasteiger partial charge in [-0.1, -0.05) is 266 Å². The average molecular weight is 920 g/mol. The summed E-state index contributed by atoms with van der Waals surface area (Å²) in [6.07, 6.45) is 0. The molecular weight excluding hydrogens is 875 g/mol. The van der Waals surface area contributed by atoms with Crippen LogP contribution in [-0.2, 0) is 13.1 Å². The van der Waals surface area contributed by atoms with E-state index < -0.39 is 31.7 Å². The molecule has 294 valence electrons. The fourth-order valence-corrected chi connectivity index (χ4v) is 14.9. The monoisotopic (exact) mass is 918 g/mol. The second-order valence-electron chi connectivity index (χ2n) is 12.8. The van der Waals surface area contributed by atoms with Gasteiger partial charge in [-0.3, -0.25) is 0 Å². The van der Waals surface area contributed by atoms with E-state index in [0.29, 0.717) is 0 Å². The van der Waals surface area contributed by atoms with Crippen molar-refractivity contribution in [3.8, 4) is 0 Å². The first-order valence-electron chi connectivity index (χ1n) is 19.0. The normalized spacial score (nSPS) is 11.2. The number of benzene rings is 8. The van der Waals surface area contributed by atoms with Crippen LogP contribution < -0.4 is 42.4 Å². The first-order chi connectivity index (χ1) is 29.2. The Balaban J connectivity index is 0.000000186. The quantitative estimate of drug-likeness (QED) is 0.0846. The zero-order valence-corrected chi connectivity index (χ0v) is 38.5. The topological polar surface area (TPSA) is 0 Å². The third-order valence-corrected chi connectivity index (χ3v) is 18.1. The number of halogens is 2. The van der Waals surface area contributed by atoms with Crippen molar-refractivity contribution in [1.29, 1.82) is 0 Å². The number of rotatable bonds is 12. The van der Waals surface area contributed by atoms with Gasteiger partial charge in [-0.25, -0.2) is 0 Å². The van der Waals surface area contributed by atoms with Gasteiger partial charge in [0.1, 0.15) is 0 Å². The van der Waals surface area contributed by atoms with Crippen LogP contribution in [0.3, 0.4) is 0 Å². The Kier molecular flexibility index (Phi) is 19.4. The maximum absolute atomic E-state index is 4.76. The van der Waals surface area contributed by atoms with E-state index in [4.69, 9.17) is 20.2 Å². The molecule has 8 aromatic rings. The Morgan fingerprint density at radius 1 is 0.220 bits per heavy atom. The Labute approximate surface area is 370 Å². The third kappa shape index (κ3) is 14.1. The van der Waals surface area contributed by atoms with Crippen LogP contribution in [0.4, 0.5) is 0 Å². The second-order valence-corrected chi connectivity index (χ2v) is 22.9. The molecule has 0 amide bonds. The van der Waals surface area contributed by atoms with Crippen molar-refractivity contribution in [2.45, 2.75) is 0 Å². The first kappa shape index (κ1) is 44.6. The zero-order chi connectivity index (χ0) is 40.7. The van der Waals surface area contributed by atoms with Crippen molar-refractivity contribution < 1.29 is 13.1 Å². The summed E-state index contributed by atoms with van der Waals surface area (Å²) in [5.74, 6) is 9.80. The minimum absolute atomic E-state index is 0.194. The van der Waals surface area contributed by atoms with Crippen LogP contribution in [-0.4, -0.2) is 0 Å². The number of hydrogen-bond donors (Lipinski definition) is 0. The standard InChI is InChI=1S/2C26H22P2.2ClH.Fe/c2*1-5-13-23(14-6-1)27(24-15-7-2-8-16-24)21-22-28(25-17-9-3-10-18-25)26-19-11-4-12-20-26;;;/h2*1-22H;2*1H;/q;;;;+2/p-2/b2*22-21-;;;. The summed E-state index contributed by atoms with van der Waals surface area (Å²) in [7, 11) is 7.41. The molecule has 0 aliphatic heterocycles. The Bertz CT molecular complexity index is 1880.